The quantitative estimate of drug-likeness (QED) is 0.670. The molecular formula is C10H18N2O4S. The number of rotatable bonds is 3. The Labute approximate surface area is 102 Å². The standard InChI is InChI=1S/C10H18N2O4S/c1-16-10(13)9-5-4-8-12(9)17(14,15)11-6-2-3-7-11/h9H,2-8H2,1H3. The fraction of sp³-hybridized carbons (Fsp3) is 0.900. The summed E-state index contributed by atoms with van der Waals surface area (Å²) in [4.78, 5) is 11.5. The molecule has 0 aliphatic carbocycles. The summed E-state index contributed by atoms with van der Waals surface area (Å²) in [6.07, 6.45) is 3.07. The van der Waals surface area contributed by atoms with Crippen LogP contribution in [0.15, 0.2) is 0 Å². The second kappa shape index (κ2) is 4.91. The molecule has 2 aliphatic rings. The zero-order valence-electron chi connectivity index (χ0n) is 9.96. The van der Waals surface area contributed by atoms with E-state index in [0.717, 1.165) is 12.8 Å². The van der Waals surface area contributed by atoms with Crippen molar-refractivity contribution in [3.8, 4) is 0 Å². The molecular weight excluding hydrogens is 244 g/mol. The van der Waals surface area contributed by atoms with Gasteiger partial charge in [0.25, 0.3) is 10.2 Å². The molecule has 2 rings (SSSR count). The second-order valence-electron chi connectivity index (χ2n) is 4.41. The van der Waals surface area contributed by atoms with E-state index in [9.17, 15) is 13.2 Å². The summed E-state index contributed by atoms with van der Waals surface area (Å²) in [5, 5.41) is 0. The second-order valence-corrected chi connectivity index (χ2v) is 6.29. The Hall–Kier alpha value is -0.660. The van der Waals surface area contributed by atoms with Crippen LogP contribution >= 0.6 is 0 Å². The Morgan fingerprint density at radius 1 is 1.18 bits per heavy atom. The van der Waals surface area contributed by atoms with Crippen molar-refractivity contribution in [3.05, 3.63) is 0 Å². The predicted octanol–water partition coefficient (Wildman–Crippen LogP) is -0.0356. The highest BCUT2D eigenvalue weighted by atomic mass is 32.2. The molecule has 17 heavy (non-hydrogen) atoms. The third-order valence-corrected chi connectivity index (χ3v) is 5.41. The van der Waals surface area contributed by atoms with E-state index in [2.05, 4.69) is 4.74 Å². The first-order valence-electron chi connectivity index (χ1n) is 5.92. The summed E-state index contributed by atoms with van der Waals surface area (Å²) < 4.78 is 32.0. The van der Waals surface area contributed by atoms with E-state index in [-0.39, 0.29) is 0 Å². The summed E-state index contributed by atoms with van der Waals surface area (Å²) in [7, 11) is -2.18. The maximum atomic E-state index is 12.3. The molecule has 2 aliphatic heterocycles. The van der Waals surface area contributed by atoms with E-state index >= 15 is 0 Å². The van der Waals surface area contributed by atoms with Gasteiger partial charge in [0.05, 0.1) is 7.11 Å². The molecule has 0 radical (unpaired) electrons. The number of hydrogen-bond donors (Lipinski definition) is 0. The molecule has 0 aromatic heterocycles. The summed E-state index contributed by atoms with van der Waals surface area (Å²) in [6.45, 7) is 1.54. The predicted molar refractivity (Wildman–Crippen MR) is 61.5 cm³/mol. The Kier molecular flexibility index (Phi) is 3.70. The highest BCUT2D eigenvalue weighted by molar-refractivity contribution is 7.86. The number of carbonyl (C=O) groups is 1. The van der Waals surface area contributed by atoms with Gasteiger partial charge in [-0.1, -0.05) is 0 Å². The lowest BCUT2D eigenvalue weighted by molar-refractivity contribution is -0.144. The maximum absolute atomic E-state index is 12.3. The first-order valence-corrected chi connectivity index (χ1v) is 7.32. The Morgan fingerprint density at radius 3 is 2.41 bits per heavy atom. The van der Waals surface area contributed by atoms with E-state index in [1.165, 1.54) is 15.7 Å². The van der Waals surface area contributed by atoms with Crippen LogP contribution in [0, 0.1) is 0 Å². The van der Waals surface area contributed by atoms with Crippen LogP contribution in [0.1, 0.15) is 25.7 Å². The van der Waals surface area contributed by atoms with Crippen LogP contribution < -0.4 is 0 Å². The van der Waals surface area contributed by atoms with Crippen LogP contribution in [0.4, 0.5) is 0 Å². The molecule has 7 heteroatoms. The minimum absolute atomic E-state index is 0.415. The minimum atomic E-state index is -3.48. The van der Waals surface area contributed by atoms with Gasteiger partial charge in [0, 0.05) is 19.6 Å². The number of nitrogens with zero attached hydrogens (tertiary/aromatic N) is 2. The average Bonchev–Trinajstić information content (AvgIpc) is 2.98. The van der Waals surface area contributed by atoms with Gasteiger partial charge in [-0.2, -0.15) is 17.0 Å². The Morgan fingerprint density at radius 2 is 1.82 bits per heavy atom. The SMILES string of the molecule is COC(=O)C1CCCN1S(=O)(=O)N1CCCC1. The van der Waals surface area contributed by atoms with Gasteiger partial charge in [-0.15, -0.1) is 0 Å². The molecule has 0 aromatic rings. The van der Waals surface area contributed by atoms with E-state index < -0.39 is 22.2 Å². The molecule has 2 fully saturated rings. The lowest BCUT2D eigenvalue weighted by Gasteiger charge is -2.26. The van der Waals surface area contributed by atoms with Crippen molar-refractivity contribution in [2.45, 2.75) is 31.7 Å². The fourth-order valence-corrected chi connectivity index (χ4v) is 4.34. The molecule has 0 aromatic carbocycles. The lowest BCUT2D eigenvalue weighted by Crippen LogP contribution is -2.47. The zero-order valence-corrected chi connectivity index (χ0v) is 10.8. The van der Waals surface area contributed by atoms with Gasteiger partial charge < -0.3 is 4.74 Å². The molecule has 0 bridgehead atoms. The molecule has 2 heterocycles. The molecule has 0 amide bonds. The number of carbonyl (C=O) groups excluding carboxylic acids is 1. The van der Waals surface area contributed by atoms with E-state index in [4.69, 9.17) is 0 Å². The van der Waals surface area contributed by atoms with Crippen molar-refractivity contribution in [3.63, 3.8) is 0 Å². The first kappa shape index (κ1) is 12.8. The monoisotopic (exact) mass is 262 g/mol. The Balaban J connectivity index is 2.17. The largest absolute Gasteiger partial charge is 0.468 e. The van der Waals surface area contributed by atoms with Crippen molar-refractivity contribution >= 4 is 16.2 Å². The zero-order chi connectivity index (χ0) is 12.5. The van der Waals surface area contributed by atoms with Crippen molar-refractivity contribution in [1.29, 1.82) is 0 Å². The van der Waals surface area contributed by atoms with Gasteiger partial charge in [0.1, 0.15) is 6.04 Å². The van der Waals surface area contributed by atoms with Crippen LogP contribution in [0.5, 0.6) is 0 Å². The van der Waals surface area contributed by atoms with Crippen LogP contribution in [0.3, 0.4) is 0 Å². The lowest BCUT2D eigenvalue weighted by atomic mass is 10.2. The highest BCUT2D eigenvalue weighted by Crippen LogP contribution is 2.26. The molecule has 2 saturated heterocycles. The maximum Gasteiger partial charge on any atom is 0.324 e. The van der Waals surface area contributed by atoms with Crippen molar-refractivity contribution in [2.24, 2.45) is 0 Å². The molecule has 6 nitrogen and oxygen atoms in total. The number of methoxy groups -OCH3 is 1. The van der Waals surface area contributed by atoms with Gasteiger partial charge in [0.2, 0.25) is 0 Å². The average molecular weight is 262 g/mol. The summed E-state index contributed by atoms with van der Waals surface area (Å²) in [5.74, 6) is -0.453. The molecule has 98 valence electrons. The topological polar surface area (TPSA) is 66.9 Å². The number of esters is 1. The van der Waals surface area contributed by atoms with Gasteiger partial charge >= 0.3 is 5.97 Å². The van der Waals surface area contributed by atoms with Crippen LogP contribution in [0.2, 0.25) is 0 Å². The van der Waals surface area contributed by atoms with Gasteiger partial charge in [-0.05, 0) is 25.7 Å². The normalized spacial score (nSPS) is 27.5. The Bertz CT molecular complexity index is 389. The van der Waals surface area contributed by atoms with E-state index in [1.807, 2.05) is 0 Å². The van der Waals surface area contributed by atoms with Crippen LogP contribution in [0.25, 0.3) is 0 Å². The molecule has 0 saturated carbocycles. The highest BCUT2D eigenvalue weighted by Gasteiger charge is 2.42. The van der Waals surface area contributed by atoms with E-state index in [1.54, 1.807) is 0 Å². The van der Waals surface area contributed by atoms with Gasteiger partial charge in [-0.25, -0.2) is 0 Å². The summed E-state index contributed by atoms with van der Waals surface area (Å²) >= 11 is 0. The number of ether oxygens (including phenoxy) is 1. The van der Waals surface area contributed by atoms with Gasteiger partial charge in [-0.3, -0.25) is 4.79 Å². The summed E-state index contributed by atoms with van der Waals surface area (Å²) in [6, 6.07) is -0.634. The first-order chi connectivity index (χ1) is 8.07. The summed E-state index contributed by atoms with van der Waals surface area (Å²) in [5.41, 5.74) is 0. The van der Waals surface area contributed by atoms with Crippen molar-refractivity contribution in [2.75, 3.05) is 26.7 Å². The fourth-order valence-electron chi connectivity index (χ4n) is 2.46. The van der Waals surface area contributed by atoms with Gasteiger partial charge in [0.15, 0.2) is 0 Å². The smallest absolute Gasteiger partial charge is 0.324 e. The third-order valence-electron chi connectivity index (χ3n) is 3.36. The van der Waals surface area contributed by atoms with Crippen molar-refractivity contribution in [1.82, 2.24) is 8.61 Å². The number of hydrogen-bond acceptors (Lipinski definition) is 4. The van der Waals surface area contributed by atoms with E-state index in [0.29, 0.717) is 32.5 Å². The third kappa shape index (κ3) is 2.31. The minimum Gasteiger partial charge on any atom is -0.468 e. The molecule has 1 unspecified atom stereocenters. The van der Waals surface area contributed by atoms with Crippen LogP contribution in [-0.2, 0) is 19.7 Å². The molecule has 0 N–H and O–H groups in total. The van der Waals surface area contributed by atoms with Crippen LogP contribution in [-0.4, -0.2) is 55.8 Å². The molecule has 1 atom stereocenters. The van der Waals surface area contributed by atoms with Crippen molar-refractivity contribution < 1.29 is 17.9 Å². The molecule has 0 spiro atoms.